The van der Waals surface area contributed by atoms with Crippen LogP contribution in [0.25, 0.3) is 0 Å². The van der Waals surface area contributed by atoms with Crippen LogP contribution in [0.2, 0.25) is 0 Å². The molecule has 3 N–H and O–H groups in total. The number of anilines is 1. The summed E-state index contributed by atoms with van der Waals surface area (Å²) in [6.45, 7) is 6.51. The molecule has 1 aromatic rings. The number of nitrogen functional groups attached to an aromatic ring is 1. The summed E-state index contributed by atoms with van der Waals surface area (Å²) in [6, 6.07) is 0. The van der Waals surface area contributed by atoms with Crippen molar-refractivity contribution in [2.75, 3.05) is 19.1 Å². The van der Waals surface area contributed by atoms with Gasteiger partial charge in [-0.15, -0.1) is 0 Å². The Labute approximate surface area is 90.0 Å². The highest BCUT2D eigenvalue weighted by atomic mass is 16.5. The molecule has 0 bridgehead atoms. The number of hydrogen-bond donors (Lipinski definition) is 2. The number of nitrogens with zero attached hydrogens (tertiary/aromatic N) is 2. The van der Waals surface area contributed by atoms with Gasteiger partial charge in [0.1, 0.15) is 11.6 Å². The summed E-state index contributed by atoms with van der Waals surface area (Å²) in [5.74, 6) is 7.00. The Bertz CT molecular complexity index is 340. The van der Waals surface area contributed by atoms with Crippen LogP contribution >= 0.6 is 0 Å². The van der Waals surface area contributed by atoms with E-state index in [9.17, 15) is 0 Å². The molecule has 1 rings (SSSR count). The molecule has 0 spiro atoms. The molecule has 1 heterocycles. The van der Waals surface area contributed by atoms with E-state index in [0.717, 1.165) is 17.1 Å². The number of rotatable bonds is 4. The van der Waals surface area contributed by atoms with Gasteiger partial charge in [-0.05, 0) is 13.8 Å². The molecular formula is C10H18N4O. The number of nitrogens with two attached hydrogens (primary N) is 1. The molecule has 15 heavy (non-hydrogen) atoms. The zero-order chi connectivity index (χ0) is 11.4. The third-order valence-electron chi connectivity index (χ3n) is 2.40. The Kier molecular flexibility index (Phi) is 3.99. The largest absolute Gasteiger partial charge is 0.384 e. The molecule has 0 fully saturated rings. The van der Waals surface area contributed by atoms with Crippen molar-refractivity contribution in [1.29, 1.82) is 0 Å². The van der Waals surface area contributed by atoms with Gasteiger partial charge in [0.2, 0.25) is 0 Å². The van der Waals surface area contributed by atoms with Crippen molar-refractivity contribution in [1.82, 2.24) is 9.97 Å². The van der Waals surface area contributed by atoms with Gasteiger partial charge in [-0.1, -0.05) is 6.92 Å². The molecule has 1 aromatic heterocycles. The predicted octanol–water partition coefficient (Wildman–Crippen LogP) is 1.13. The van der Waals surface area contributed by atoms with Crippen molar-refractivity contribution in [3.63, 3.8) is 0 Å². The van der Waals surface area contributed by atoms with Crippen LogP contribution < -0.4 is 11.3 Å². The van der Waals surface area contributed by atoms with Crippen molar-refractivity contribution >= 4 is 5.82 Å². The maximum atomic E-state index is 5.39. The van der Waals surface area contributed by atoms with Crippen molar-refractivity contribution in [2.24, 2.45) is 5.84 Å². The average Bonchev–Trinajstić information content (AvgIpc) is 2.22. The Morgan fingerprint density at radius 2 is 2.07 bits per heavy atom. The zero-order valence-electron chi connectivity index (χ0n) is 9.66. The zero-order valence-corrected chi connectivity index (χ0v) is 9.66. The van der Waals surface area contributed by atoms with Gasteiger partial charge in [0.25, 0.3) is 0 Å². The second-order valence-corrected chi connectivity index (χ2v) is 3.64. The number of aryl methyl sites for hydroxylation is 1. The van der Waals surface area contributed by atoms with Gasteiger partial charge in [0.05, 0.1) is 6.61 Å². The van der Waals surface area contributed by atoms with Gasteiger partial charge < -0.3 is 10.2 Å². The molecule has 0 aliphatic carbocycles. The van der Waals surface area contributed by atoms with E-state index < -0.39 is 0 Å². The van der Waals surface area contributed by atoms with Gasteiger partial charge in [0.15, 0.2) is 0 Å². The normalized spacial score (nSPS) is 12.6. The standard InChI is InChI=1S/C10H18N4O/c1-6(5-15-4)9-12-8(3)7(2)10(13-9)14-11/h6H,5,11H2,1-4H3,(H,12,13,14). The minimum absolute atomic E-state index is 0.168. The monoisotopic (exact) mass is 210 g/mol. The first kappa shape index (κ1) is 11.9. The van der Waals surface area contributed by atoms with Crippen molar-refractivity contribution in [3.05, 3.63) is 17.1 Å². The molecule has 5 heteroatoms. The van der Waals surface area contributed by atoms with Crippen LogP contribution in [0.4, 0.5) is 5.82 Å². The van der Waals surface area contributed by atoms with Crippen LogP contribution in [-0.2, 0) is 4.74 Å². The maximum Gasteiger partial charge on any atom is 0.146 e. The smallest absolute Gasteiger partial charge is 0.146 e. The summed E-state index contributed by atoms with van der Waals surface area (Å²) in [5, 5.41) is 0. The number of aromatic nitrogens is 2. The number of hydrazine groups is 1. The predicted molar refractivity (Wildman–Crippen MR) is 59.6 cm³/mol. The van der Waals surface area contributed by atoms with E-state index in [1.165, 1.54) is 0 Å². The van der Waals surface area contributed by atoms with E-state index in [-0.39, 0.29) is 5.92 Å². The number of ether oxygens (including phenoxy) is 1. The molecule has 0 aliphatic rings. The molecule has 0 aliphatic heterocycles. The second-order valence-electron chi connectivity index (χ2n) is 3.64. The minimum Gasteiger partial charge on any atom is -0.384 e. The van der Waals surface area contributed by atoms with E-state index in [1.54, 1.807) is 7.11 Å². The molecular weight excluding hydrogens is 192 g/mol. The van der Waals surface area contributed by atoms with E-state index in [0.29, 0.717) is 12.4 Å². The van der Waals surface area contributed by atoms with E-state index >= 15 is 0 Å². The van der Waals surface area contributed by atoms with E-state index in [1.807, 2.05) is 20.8 Å². The first-order valence-corrected chi connectivity index (χ1v) is 4.90. The second kappa shape index (κ2) is 5.04. The number of nitrogens with one attached hydrogen (secondary N) is 1. The summed E-state index contributed by atoms with van der Waals surface area (Å²) in [5.41, 5.74) is 4.50. The van der Waals surface area contributed by atoms with Crippen LogP contribution in [-0.4, -0.2) is 23.7 Å². The Balaban J connectivity index is 3.05. The lowest BCUT2D eigenvalue weighted by Gasteiger charge is -2.13. The Morgan fingerprint density at radius 3 is 2.60 bits per heavy atom. The summed E-state index contributed by atoms with van der Waals surface area (Å²) in [4.78, 5) is 8.76. The van der Waals surface area contributed by atoms with Crippen LogP contribution in [0.3, 0.4) is 0 Å². The Hall–Kier alpha value is -1.20. The molecule has 84 valence electrons. The van der Waals surface area contributed by atoms with Gasteiger partial charge >= 0.3 is 0 Å². The Morgan fingerprint density at radius 1 is 1.40 bits per heavy atom. The van der Waals surface area contributed by atoms with Crippen LogP contribution in [0, 0.1) is 13.8 Å². The summed E-state index contributed by atoms with van der Waals surface area (Å²) in [7, 11) is 1.67. The quantitative estimate of drug-likeness (QED) is 0.575. The van der Waals surface area contributed by atoms with Crippen LogP contribution in [0.5, 0.6) is 0 Å². The fraction of sp³-hybridized carbons (Fsp3) is 0.600. The molecule has 0 saturated heterocycles. The van der Waals surface area contributed by atoms with Gasteiger partial charge in [-0.25, -0.2) is 15.8 Å². The first-order chi connectivity index (χ1) is 7.10. The molecule has 0 amide bonds. The molecule has 0 saturated carbocycles. The third-order valence-corrected chi connectivity index (χ3v) is 2.40. The van der Waals surface area contributed by atoms with Gasteiger partial charge in [-0.2, -0.15) is 0 Å². The lowest BCUT2D eigenvalue weighted by Crippen LogP contribution is -2.15. The number of methoxy groups -OCH3 is 1. The van der Waals surface area contributed by atoms with Crippen molar-refractivity contribution < 1.29 is 4.74 Å². The molecule has 0 aromatic carbocycles. The molecule has 5 nitrogen and oxygen atoms in total. The third kappa shape index (κ3) is 2.64. The molecule has 0 radical (unpaired) electrons. The minimum atomic E-state index is 0.168. The van der Waals surface area contributed by atoms with Crippen LogP contribution in [0.1, 0.15) is 29.9 Å². The summed E-state index contributed by atoms with van der Waals surface area (Å²) in [6.07, 6.45) is 0. The van der Waals surface area contributed by atoms with Crippen molar-refractivity contribution in [3.8, 4) is 0 Å². The van der Waals surface area contributed by atoms with E-state index in [4.69, 9.17) is 10.6 Å². The lowest BCUT2D eigenvalue weighted by molar-refractivity contribution is 0.181. The SMILES string of the molecule is COCC(C)c1nc(C)c(C)c(NN)n1. The maximum absolute atomic E-state index is 5.39. The van der Waals surface area contributed by atoms with Gasteiger partial charge in [-0.3, -0.25) is 0 Å². The first-order valence-electron chi connectivity index (χ1n) is 4.90. The highest BCUT2D eigenvalue weighted by Crippen LogP contribution is 2.18. The summed E-state index contributed by atoms with van der Waals surface area (Å²) < 4.78 is 5.07. The summed E-state index contributed by atoms with van der Waals surface area (Å²) >= 11 is 0. The highest BCUT2D eigenvalue weighted by molar-refractivity contribution is 5.44. The van der Waals surface area contributed by atoms with Crippen molar-refractivity contribution in [2.45, 2.75) is 26.7 Å². The highest BCUT2D eigenvalue weighted by Gasteiger charge is 2.12. The average molecular weight is 210 g/mol. The topological polar surface area (TPSA) is 73.1 Å². The molecule has 1 unspecified atom stereocenters. The van der Waals surface area contributed by atoms with Crippen LogP contribution in [0.15, 0.2) is 0 Å². The van der Waals surface area contributed by atoms with Gasteiger partial charge in [0, 0.05) is 24.3 Å². The number of hydrogen-bond acceptors (Lipinski definition) is 5. The lowest BCUT2D eigenvalue weighted by atomic mass is 10.1. The fourth-order valence-electron chi connectivity index (χ4n) is 1.34. The van der Waals surface area contributed by atoms with E-state index in [2.05, 4.69) is 15.4 Å². The fourth-order valence-corrected chi connectivity index (χ4v) is 1.34. The molecule has 1 atom stereocenters.